The van der Waals surface area contributed by atoms with Crippen LogP contribution in [0.4, 0.5) is 0 Å². The van der Waals surface area contributed by atoms with Gasteiger partial charge in [-0.1, -0.05) is 23.2 Å². The maximum Gasteiger partial charge on any atom is 0.156 e. The van der Waals surface area contributed by atoms with Crippen molar-refractivity contribution in [3.05, 3.63) is 46.4 Å². The lowest BCUT2D eigenvalue weighted by Gasteiger charge is -2.19. The molecule has 4 rings (SSSR count). The van der Waals surface area contributed by atoms with E-state index in [2.05, 4.69) is 10.2 Å². The van der Waals surface area contributed by atoms with E-state index in [0.29, 0.717) is 15.7 Å². The number of fused-ring (bicyclic) bond motifs is 1. The summed E-state index contributed by atoms with van der Waals surface area (Å²) >= 11 is 12.6. The number of nitrogens with zero attached hydrogens (tertiary/aromatic N) is 3. The van der Waals surface area contributed by atoms with Crippen LogP contribution in [0.15, 0.2) is 35.1 Å². The number of halogens is 2. The molecular formula is C17H18Cl2N4O. The summed E-state index contributed by atoms with van der Waals surface area (Å²) in [4.78, 5) is 7.14. The first-order valence-corrected chi connectivity index (χ1v) is 8.81. The van der Waals surface area contributed by atoms with Crippen molar-refractivity contribution in [2.24, 2.45) is 0 Å². The van der Waals surface area contributed by atoms with Gasteiger partial charge in [-0.25, -0.2) is 4.98 Å². The molecule has 0 unspecified atom stereocenters. The molecule has 0 atom stereocenters. The summed E-state index contributed by atoms with van der Waals surface area (Å²) in [6.07, 6.45) is 4.66. The van der Waals surface area contributed by atoms with E-state index < -0.39 is 0 Å². The normalized spacial score (nSPS) is 16.6. The van der Waals surface area contributed by atoms with Gasteiger partial charge in [-0.15, -0.1) is 0 Å². The summed E-state index contributed by atoms with van der Waals surface area (Å²) in [5.74, 6) is 0.744. The number of aromatic nitrogens is 2. The van der Waals surface area contributed by atoms with Crippen LogP contribution in [0.3, 0.4) is 0 Å². The van der Waals surface area contributed by atoms with Gasteiger partial charge in [0.25, 0.3) is 0 Å². The van der Waals surface area contributed by atoms with Crippen molar-refractivity contribution in [1.82, 2.24) is 19.6 Å². The Morgan fingerprint density at radius 2 is 2.17 bits per heavy atom. The van der Waals surface area contributed by atoms with E-state index in [0.717, 1.165) is 56.3 Å². The van der Waals surface area contributed by atoms with E-state index in [1.165, 1.54) is 0 Å². The van der Waals surface area contributed by atoms with Crippen LogP contribution in [0.5, 0.6) is 0 Å². The van der Waals surface area contributed by atoms with Crippen LogP contribution in [0.1, 0.15) is 12.1 Å². The summed E-state index contributed by atoms with van der Waals surface area (Å²) in [5.41, 5.74) is 2.57. The molecule has 0 bridgehead atoms. The minimum absolute atomic E-state index is 0.541. The molecule has 1 aliphatic rings. The number of rotatable bonds is 3. The Labute approximate surface area is 150 Å². The zero-order valence-electron chi connectivity index (χ0n) is 13.1. The van der Waals surface area contributed by atoms with Gasteiger partial charge < -0.3 is 9.73 Å². The monoisotopic (exact) mass is 364 g/mol. The largest absolute Gasteiger partial charge is 0.463 e. The predicted octanol–water partition coefficient (Wildman–Crippen LogP) is 3.70. The van der Waals surface area contributed by atoms with Gasteiger partial charge in [0.2, 0.25) is 0 Å². The Balaban J connectivity index is 1.82. The molecule has 1 N–H and O–H groups in total. The molecule has 5 nitrogen and oxygen atoms in total. The Bertz CT molecular complexity index is 836. The van der Waals surface area contributed by atoms with Crippen molar-refractivity contribution >= 4 is 28.8 Å². The first-order valence-electron chi connectivity index (χ1n) is 8.05. The van der Waals surface area contributed by atoms with Crippen LogP contribution in [-0.4, -0.2) is 40.5 Å². The molecule has 0 aromatic carbocycles. The van der Waals surface area contributed by atoms with Crippen LogP contribution in [0.25, 0.3) is 17.1 Å². The molecule has 1 aliphatic heterocycles. The highest BCUT2D eigenvalue weighted by Crippen LogP contribution is 2.30. The Hall–Kier alpha value is -1.53. The first kappa shape index (κ1) is 16.0. The van der Waals surface area contributed by atoms with Gasteiger partial charge in [-0.05, 0) is 37.7 Å². The smallest absolute Gasteiger partial charge is 0.156 e. The van der Waals surface area contributed by atoms with Gasteiger partial charge in [0.05, 0.1) is 22.0 Å². The highest BCUT2D eigenvalue weighted by atomic mass is 35.5. The Morgan fingerprint density at radius 1 is 1.25 bits per heavy atom. The van der Waals surface area contributed by atoms with Crippen LogP contribution < -0.4 is 5.32 Å². The molecule has 4 heterocycles. The van der Waals surface area contributed by atoms with E-state index in [1.54, 1.807) is 12.3 Å². The first-order chi connectivity index (χ1) is 11.7. The second-order valence-electron chi connectivity index (χ2n) is 5.96. The molecule has 126 valence electrons. The Morgan fingerprint density at radius 3 is 3.00 bits per heavy atom. The molecule has 0 radical (unpaired) electrons. The summed E-state index contributed by atoms with van der Waals surface area (Å²) in [6, 6.07) is 5.51. The second-order valence-corrected chi connectivity index (χ2v) is 6.81. The highest BCUT2D eigenvalue weighted by Gasteiger charge is 2.21. The van der Waals surface area contributed by atoms with Crippen molar-refractivity contribution < 1.29 is 4.42 Å². The van der Waals surface area contributed by atoms with Crippen LogP contribution in [0, 0.1) is 0 Å². The van der Waals surface area contributed by atoms with Crippen LogP contribution in [0.2, 0.25) is 10.0 Å². The van der Waals surface area contributed by atoms with Gasteiger partial charge in [-0.2, -0.15) is 0 Å². The van der Waals surface area contributed by atoms with E-state index in [-0.39, 0.29) is 0 Å². The van der Waals surface area contributed by atoms with Gasteiger partial charge in [0.1, 0.15) is 5.69 Å². The molecule has 3 aromatic heterocycles. The number of pyridine rings is 1. The van der Waals surface area contributed by atoms with Crippen molar-refractivity contribution in [2.75, 3.05) is 26.2 Å². The summed E-state index contributed by atoms with van der Waals surface area (Å²) < 4.78 is 7.58. The van der Waals surface area contributed by atoms with Crippen molar-refractivity contribution in [3.63, 3.8) is 0 Å². The molecule has 7 heteroatoms. The topological polar surface area (TPSA) is 45.7 Å². The fraction of sp³-hybridized carbons (Fsp3) is 0.353. The summed E-state index contributed by atoms with van der Waals surface area (Å²) in [6.45, 7) is 4.88. The molecule has 0 saturated carbocycles. The highest BCUT2D eigenvalue weighted by molar-refractivity contribution is 6.36. The number of imidazole rings is 1. The molecule has 0 amide bonds. The summed E-state index contributed by atoms with van der Waals surface area (Å²) in [5, 5.41) is 4.56. The SMILES string of the molecule is Clc1cc(Cl)c2nc(-c3ccco3)c(CN3CCCNCC3)n2c1. The summed E-state index contributed by atoms with van der Waals surface area (Å²) in [7, 11) is 0. The van der Waals surface area contributed by atoms with Gasteiger partial charge in [-0.3, -0.25) is 9.30 Å². The van der Waals surface area contributed by atoms with Crippen LogP contribution in [-0.2, 0) is 6.54 Å². The molecule has 24 heavy (non-hydrogen) atoms. The lowest BCUT2D eigenvalue weighted by atomic mass is 10.2. The van der Waals surface area contributed by atoms with Gasteiger partial charge >= 0.3 is 0 Å². The third-order valence-electron chi connectivity index (χ3n) is 4.30. The number of hydrogen-bond donors (Lipinski definition) is 1. The number of hydrogen-bond acceptors (Lipinski definition) is 4. The fourth-order valence-corrected chi connectivity index (χ4v) is 3.67. The predicted molar refractivity (Wildman–Crippen MR) is 95.7 cm³/mol. The third-order valence-corrected chi connectivity index (χ3v) is 4.79. The molecule has 3 aromatic rings. The maximum atomic E-state index is 6.36. The molecule has 0 spiro atoms. The molecule has 0 aliphatic carbocycles. The van der Waals surface area contributed by atoms with Gasteiger partial charge in [0, 0.05) is 25.8 Å². The van der Waals surface area contributed by atoms with Crippen molar-refractivity contribution in [3.8, 4) is 11.5 Å². The van der Waals surface area contributed by atoms with Crippen molar-refractivity contribution in [2.45, 2.75) is 13.0 Å². The minimum Gasteiger partial charge on any atom is -0.463 e. The fourth-order valence-electron chi connectivity index (χ4n) is 3.15. The van der Waals surface area contributed by atoms with Crippen molar-refractivity contribution in [1.29, 1.82) is 0 Å². The average molecular weight is 365 g/mol. The molecular weight excluding hydrogens is 347 g/mol. The van der Waals surface area contributed by atoms with E-state index in [9.17, 15) is 0 Å². The Kier molecular flexibility index (Phi) is 4.50. The van der Waals surface area contributed by atoms with Crippen LogP contribution >= 0.6 is 23.2 Å². The van der Waals surface area contributed by atoms with E-state index in [4.69, 9.17) is 32.6 Å². The molecule has 1 saturated heterocycles. The lowest BCUT2D eigenvalue weighted by Crippen LogP contribution is -2.28. The zero-order valence-corrected chi connectivity index (χ0v) is 14.6. The van der Waals surface area contributed by atoms with E-state index >= 15 is 0 Å². The zero-order chi connectivity index (χ0) is 16.5. The second kappa shape index (κ2) is 6.76. The number of furan rings is 1. The van der Waals surface area contributed by atoms with Gasteiger partial charge in [0.15, 0.2) is 11.4 Å². The standard InChI is InChI=1S/C17H18Cl2N4O/c18-12-9-13(19)17-21-16(15-3-1-8-24-15)14(23(17)10-12)11-22-6-2-4-20-5-7-22/h1,3,8-10,20H,2,4-7,11H2. The minimum atomic E-state index is 0.541. The van der Waals surface area contributed by atoms with E-state index in [1.807, 2.05) is 22.7 Å². The quantitative estimate of drug-likeness (QED) is 0.769. The number of nitrogens with one attached hydrogen (secondary N) is 1. The third kappa shape index (κ3) is 3.05. The average Bonchev–Trinajstić information content (AvgIpc) is 3.11. The molecule has 1 fully saturated rings. The lowest BCUT2D eigenvalue weighted by molar-refractivity contribution is 0.280. The maximum absolute atomic E-state index is 6.36.